The van der Waals surface area contributed by atoms with Crippen LogP contribution in [0.2, 0.25) is 0 Å². The number of aromatic carboxylic acids is 2. The molecule has 282 valence electrons. The minimum absolute atomic E-state index is 0.114. The van der Waals surface area contributed by atoms with E-state index >= 15 is 0 Å². The molecular formula is C46H42N4O6. The summed E-state index contributed by atoms with van der Waals surface area (Å²) in [5, 5.41) is 18.3. The van der Waals surface area contributed by atoms with Gasteiger partial charge >= 0.3 is 11.9 Å². The lowest BCUT2D eigenvalue weighted by molar-refractivity contribution is -0.120. The Hall–Kier alpha value is -6.94. The third-order valence-corrected chi connectivity index (χ3v) is 9.54. The van der Waals surface area contributed by atoms with E-state index in [2.05, 4.69) is 22.1 Å². The van der Waals surface area contributed by atoms with Gasteiger partial charge in [0.15, 0.2) is 0 Å². The van der Waals surface area contributed by atoms with Crippen LogP contribution in [-0.4, -0.2) is 44.4 Å². The standard InChI is InChI=1S/C23H20N2O3.C18H17NO3.C5H5N/c26-15-25(14-16-5-3-6-17(11-16)23(27)28)22-9-2-1-8-19(22)21-12-20(21)18-7-4-10-24-13-18;20-17(14-9-10-14)19(16-7-2-1-3-8-16)12-13-5-4-6-15(11-13)18(21)22;1-2-4-6-5-3-1/h1-11,13,15,20-21H,12,14H2,(H,27,28);1-8,11,14H,9-10,12H2,(H,21,22);1-5H. The number of rotatable bonds is 12. The summed E-state index contributed by atoms with van der Waals surface area (Å²) in [6, 6.07) is 40.6. The van der Waals surface area contributed by atoms with Gasteiger partial charge in [0.25, 0.3) is 0 Å². The first kappa shape index (κ1) is 38.8. The van der Waals surface area contributed by atoms with E-state index < -0.39 is 11.9 Å². The summed E-state index contributed by atoms with van der Waals surface area (Å²) in [7, 11) is 0. The summed E-state index contributed by atoms with van der Waals surface area (Å²) in [4.78, 5) is 58.1. The van der Waals surface area contributed by atoms with Crippen LogP contribution in [0.4, 0.5) is 11.4 Å². The van der Waals surface area contributed by atoms with Gasteiger partial charge in [-0.3, -0.25) is 19.6 Å². The zero-order valence-corrected chi connectivity index (χ0v) is 30.7. The first-order valence-corrected chi connectivity index (χ1v) is 18.4. The van der Waals surface area contributed by atoms with E-state index in [0.717, 1.165) is 53.7 Å². The highest BCUT2D eigenvalue weighted by Crippen LogP contribution is 2.56. The van der Waals surface area contributed by atoms with Gasteiger partial charge < -0.3 is 20.0 Å². The number of hydrogen-bond donors (Lipinski definition) is 2. The smallest absolute Gasteiger partial charge is 0.335 e. The van der Waals surface area contributed by atoms with E-state index in [1.54, 1.807) is 64.8 Å². The average molecular weight is 747 g/mol. The van der Waals surface area contributed by atoms with Crippen molar-refractivity contribution < 1.29 is 29.4 Å². The molecule has 2 aliphatic rings. The minimum atomic E-state index is -0.975. The van der Waals surface area contributed by atoms with Crippen LogP contribution in [0.25, 0.3) is 0 Å². The first-order valence-electron chi connectivity index (χ1n) is 18.4. The van der Waals surface area contributed by atoms with Crippen molar-refractivity contribution in [1.29, 1.82) is 0 Å². The molecule has 0 saturated heterocycles. The number of carbonyl (C=O) groups excluding carboxylic acids is 2. The first-order chi connectivity index (χ1) is 27.3. The third-order valence-electron chi connectivity index (χ3n) is 9.54. The molecule has 0 aliphatic heterocycles. The van der Waals surface area contributed by atoms with E-state index in [4.69, 9.17) is 5.11 Å². The summed E-state index contributed by atoms with van der Waals surface area (Å²) in [5.41, 5.74) is 6.13. The van der Waals surface area contributed by atoms with Crippen molar-refractivity contribution in [2.45, 2.75) is 44.2 Å². The van der Waals surface area contributed by atoms with Crippen molar-refractivity contribution in [3.05, 3.63) is 192 Å². The lowest BCUT2D eigenvalue weighted by Gasteiger charge is -2.23. The molecule has 10 heteroatoms. The Kier molecular flexibility index (Phi) is 13.1. The van der Waals surface area contributed by atoms with Gasteiger partial charge in [-0.2, -0.15) is 0 Å². The number of anilines is 2. The van der Waals surface area contributed by atoms with Gasteiger partial charge in [0.1, 0.15) is 0 Å². The molecule has 8 rings (SSSR count). The van der Waals surface area contributed by atoms with Crippen LogP contribution in [0.15, 0.2) is 158 Å². The molecule has 2 fully saturated rings. The maximum absolute atomic E-state index is 12.5. The summed E-state index contributed by atoms with van der Waals surface area (Å²) in [6.45, 7) is 0.715. The number of para-hydroxylation sites is 2. The zero-order chi connectivity index (χ0) is 39.3. The molecule has 2 N–H and O–H groups in total. The second-order valence-corrected chi connectivity index (χ2v) is 13.6. The number of pyridine rings is 2. The van der Waals surface area contributed by atoms with Crippen LogP contribution in [-0.2, 0) is 22.7 Å². The molecular weight excluding hydrogens is 705 g/mol. The number of aromatic nitrogens is 2. The Bertz CT molecular complexity index is 2200. The fourth-order valence-corrected chi connectivity index (χ4v) is 6.50. The Labute approximate surface area is 325 Å². The summed E-state index contributed by atoms with van der Waals surface area (Å²) in [5.74, 6) is -0.930. The Balaban J connectivity index is 0.000000168. The van der Waals surface area contributed by atoms with E-state index in [0.29, 0.717) is 24.9 Å². The van der Waals surface area contributed by atoms with Crippen LogP contribution in [0.5, 0.6) is 0 Å². The zero-order valence-electron chi connectivity index (χ0n) is 30.7. The third kappa shape index (κ3) is 10.6. The van der Waals surface area contributed by atoms with Gasteiger partial charge in [-0.05, 0) is 114 Å². The highest BCUT2D eigenvalue weighted by molar-refractivity contribution is 5.96. The number of carbonyl (C=O) groups is 4. The van der Waals surface area contributed by atoms with Crippen molar-refractivity contribution in [3.63, 3.8) is 0 Å². The van der Waals surface area contributed by atoms with Crippen molar-refractivity contribution >= 4 is 35.6 Å². The van der Waals surface area contributed by atoms with Crippen LogP contribution in [0, 0.1) is 5.92 Å². The predicted molar refractivity (Wildman–Crippen MR) is 214 cm³/mol. The van der Waals surface area contributed by atoms with Crippen molar-refractivity contribution in [2.75, 3.05) is 9.80 Å². The Morgan fingerprint density at radius 3 is 1.80 bits per heavy atom. The molecule has 2 amide bonds. The molecule has 6 aromatic rings. The van der Waals surface area contributed by atoms with Gasteiger partial charge in [-0.25, -0.2) is 9.59 Å². The molecule has 2 aromatic heterocycles. The van der Waals surface area contributed by atoms with Gasteiger partial charge in [-0.15, -0.1) is 0 Å². The molecule has 0 spiro atoms. The highest BCUT2D eigenvalue weighted by atomic mass is 16.4. The molecule has 56 heavy (non-hydrogen) atoms. The van der Waals surface area contributed by atoms with Crippen LogP contribution in [0.3, 0.4) is 0 Å². The van der Waals surface area contributed by atoms with Gasteiger partial charge in [0, 0.05) is 42.1 Å². The predicted octanol–water partition coefficient (Wildman–Crippen LogP) is 8.62. The number of amides is 2. The quantitative estimate of drug-likeness (QED) is 0.119. The monoisotopic (exact) mass is 746 g/mol. The second kappa shape index (κ2) is 18.9. The molecule has 2 aliphatic carbocycles. The number of benzene rings is 4. The van der Waals surface area contributed by atoms with Gasteiger partial charge in [0.05, 0.1) is 24.2 Å². The second-order valence-electron chi connectivity index (χ2n) is 13.6. The molecule has 0 radical (unpaired) electrons. The van der Waals surface area contributed by atoms with E-state index in [1.807, 2.05) is 91.1 Å². The summed E-state index contributed by atoms with van der Waals surface area (Å²) < 4.78 is 0. The highest BCUT2D eigenvalue weighted by Gasteiger charge is 2.41. The van der Waals surface area contributed by atoms with Gasteiger partial charge in [0.2, 0.25) is 12.3 Å². The number of carboxylic acid groups (broad SMARTS) is 2. The van der Waals surface area contributed by atoms with E-state index in [-0.39, 0.29) is 23.0 Å². The van der Waals surface area contributed by atoms with Crippen molar-refractivity contribution in [3.8, 4) is 0 Å². The fourth-order valence-electron chi connectivity index (χ4n) is 6.50. The van der Waals surface area contributed by atoms with Crippen LogP contribution < -0.4 is 9.80 Å². The molecule has 2 unspecified atom stereocenters. The molecule has 2 saturated carbocycles. The molecule has 0 bridgehead atoms. The van der Waals surface area contributed by atoms with Crippen LogP contribution in [0.1, 0.15) is 74.1 Å². The number of hydrogen-bond acceptors (Lipinski definition) is 6. The minimum Gasteiger partial charge on any atom is -0.478 e. The number of carboxylic acids is 2. The summed E-state index contributed by atoms with van der Waals surface area (Å²) in [6.07, 6.45) is 10.9. The molecule has 2 heterocycles. The van der Waals surface area contributed by atoms with E-state index in [9.17, 15) is 24.3 Å². The maximum atomic E-state index is 12.5. The Morgan fingerprint density at radius 1 is 0.643 bits per heavy atom. The molecule has 10 nitrogen and oxygen atoms in total. The van der Waals surface area contributed by atoms with Crippen molar-refractivity contribution in [1.82, 2.24) is 9.97 Å². The lowest BCUT2D eigenvalue weighted by Crippen LogP contribution is -2.31. The van der Waals surface area contributed by atoms with Crippen LogP contribution >= 0.6 is 0 Å². The molecule has 4 aromatic carbocycles. The normalized spacial score (nSPS) is 15.1. The topological polar surface area (TPSA) is 141 Å². The maximum Gasteiger partial charge on any atom is 0.335 e. The average Bonchev–Trinajstić information content (AvgIpc) is 4.20. The van der Waals surface area contributed by atoms with Gasteiger partial charge in [-0.1, -0.05) is 72.8 Å². The van der Waals surface area contributed by atoms with Crippen molar-refractivity contribution in [2.24, 2.45) is 5.92 Å². The van der Waals surface area contributed by atoms with E-state index in [1.165, 1.54) is 5.56 Å². The SMILES string of the molecule is O=C(O)c1cccc(CN(C(=O)C2CC2)c2ccccc2)c1.O=CN(Cc1cccc(C(=O)O)c1)c1ccccc1C1CC1c1cccnc1.c1ccncc1. The fraction of sp³-hybridized carbons (Fsp3) is 0.174. The summed E-state index contributed by atoms with van der Waals surface area (Å²) >= 11 is 0. The largest absolute Gasteiger partial charge is 0.478 e. The Morgan fingerprint density at radius 2 is 1.25 bits per heavy atom. The lowest BCUT2D eigenvalue weighted by atomic mass is 10.0. The molecule has 2 atom stereocenters. The number of nitrogens with zero attached hydrogens (tertiary/aromatic N) is 4.